The number of hydrogen-bond acceptors (Lipinski definition) is 5. The van der Waals surface area contributed by atoms with Crippen LogP contribution in [0.25, 0.3) is 0 Å². The summed E-state index contributed by atoms with van der Waals surface area (Å²) in [5.41, 5.74) is 0. The molecule has 0 saturated carbocycles. The van der Waals surface area contributed by atoms with Crippen LogP contribution < -0.4 is 5.32 Å². The lowest BCUT2D eigenvalue weighted by atomic mass is 10.0. The summed E-state index contributed by atoms with van der Waals surface area (Å²) >= 11 is 0. The predicted molar refractivity (Wildman–Crippen MR) is 338 cm³/mol. The van der Waals surface area contributed by atoms with Crippen molar-refractivity contribution in [3.05, 3.63) is 48.6 Å². The van der Waals surface area contributed by atoms with Crippen LogP contribution in [-0.4, -0.2) is 47.4 Å². The number of ether oxygens (including phenoxy) is 1. The lowest BCUT2D eigenvalue weighted by molar-refractivity contribution is -0.143. The van der Waals surface area contributed by atoms with Gasteiger partial charge < -0.3 is 20.3 Å². The van der Waals surface area contributed by atoms with Gasteiger partial charge in [-0.2, -0.15) is 0 Å². The molecule has 0 aliphatic carbocycles. The summed E-state index contributed by atoms with van der Waals surface area (Å²) in [4.78, 5) is 24.6. The molecule has 1 amide bonds. The van der Waals surface area contributed by atoms with Gasteiger partial charge in [0.05, 0.1) is 25.4 Å². The first-order valence-electron chi connectivity index (χ1n) is 34.4. The number of hydrogen-bond donors (Lipinski definition) is 3. The highest BCUT2D eigenvalue weighted by molar-refractivity contribution is 5.76. The Kier molecular flexibility index (Phi) is 64.5. The third kappa shape index (κ3) is 62.9. The van der Waals surface area contributed by atoms with E-state index < -0.39 is 12.1 Å². The minimum Gasteiger partial charge on any atom is -0.466 e. The van der Waals surface area contributed by atoms with E-state index in [1.165, 1.54) is 276 Å². The van der Waals surface area contributed by atoms with Crippen LogP contribution >= 0.6 is 0 Å². The first-order chi connectivity index (χ1) is 38.0. The highest BCUT2D eigenvalue weighted by Crippen LogP contribution is 2.18. The summed E-state index contributed by atoms with van der Waals surface area (Å²) in [5, 5.41) is 23.4. The minimum atomic E-state index is -0.670. The number of carbonyl (C=O) groups excluding carboxylic acids is 2. The van der Waals surface area contributed by atoms with E-state index in [1.807, 2.05) is 0 Å². The Morgan fingerprint density at radius 1 is 0.364 bits per heavy atom. The molecule has 0 radical (unpaired) electrons. The molecule has 0 aromatic heterocycles. The highest BCUT2D eigenvalue weighted by atomic mass is 16.5. The van der Waals surface area contributed by atoms with Gasteiger partial charge in [0.15, 0.2) is 0 Å². The molecule has 77 heavy (non-hydrogen) atoms. The van der Waals surface area contributed by atoms with Crippen LogP contribution in [0.15, 0.2) is 48.6 Å². The number of aliphatic hydroxyl groups is 2. The first-order valence-corrected chi connectivity index (χ1v) is 34.4. The summed E-state index contributed by atoms with van der Waals surface area (Å²) in [5.74, 6) is -0.0442. The molecule has 0 heterocycles. The molecule has 0 rings (SSSR count). The summed E-state index contributed by atoms with van der Waals surface area (Å²) in [6.45, 7) is 4.90. The van der Waals surface area contributed by atoms with E-state index >= 15 is 0 Å². The monoisotopic (exact) mass is 1080 g/mol. The lowest BCUT2D eigenvalue weighted by Crippen LogP contribution is -2.45. The highest BCUT2D eigenvalue weighted by Gasteiger charge is 2.20. The van der Waals surface area contributed by atoms with Gasteiger partial charge >= 0.3 is 5.97 Å². The molecule has 0 aliphatic heterocycles. The smallest absolute Gasteiger partial charge is 0.305 e. The Morgan fingerprint density at radius 2 is 0.675 bits per heavy atom. The molecule has 452 valence electrons. The topological polar surface area (TPSA) is 95.9 Å². The normalized spacial score (nSPS) is 12.8. The fourth-order valence-corrected chi connectivity index (χ4v) is 10.6. The maximum atomic E-state index is 12.5. The number of nitrogens with one attached hydrogen (secondary N) is 1. The van der Waals surface area contributed by atoms with Gasteiger partial charge in [-0.3, -0.25) is 9.59 Å². The van der Waals surface area contributed by atoms with E-state index in [2.05, 4.69) is 67.8 Å². The van der Waals surface area contributed by atoms with Crippen LogP contribution in [0.1, 0.15) is 367 Å². The zero-order chi connectivity index (χ0) is 55.7. The molecular weight excluding hydrogens is 947 g/mol. The van der Waals surface area contributed by atoms with Crippen molar-refractivity contribution in [2.75, 3.05) is 13.2 Å². The Balaban J connectivity index is 3.44. The SMILES string of the molecule is CCC/C=C\C/C=C\CCCCCCCC(=O)OCCCCCCCCCCC/C=C\C/C=C\CCCCCCCCCCCC(=O)NC(CO)C(O)CCCCCCCCCCCCCCCCCCCCCCCC. The molecule has 0 aromatic rings. The van der Waals surface area contributed by atoms with E-state index in [-0.39, 0.29) is 18.5 Å². The third-order valence-corrected chi connectivity index (χ3v) is 15.8. The number of esters is 1. The first kappa shape index (κ1) is 74.8. The summed E-state index contributed by atoms with van der Waals surface area (Å²) < 4.78 is 5.47. The standard InChI is InChI=1S/C71H133NO5/c1-3-5-7-9-11-13-15-17-18-19-20-21-27-30-33-36-40-43-47-51-55-59-63-69(74)68(67-73)72-70(75)64-60-56-52-48-44-41-37-34-31-28-25-23-22-24-26-29-32-35-38-42-46-50-54-58-62-66-77-71(76)65-61-57-53-49-45-39-16-14-12-10-8-6-4-2/h8,10,14,16,23-26,68-69,73-74H,3-7,9,11-13,15,17-22,27-67H2,1-2H3,(H,72,75)/b10-8-,16-14-,25-23-,26-24-. The average Bonchev–Trinajstić information content (AvgIpc) is 3.43. The van der Waals surface area contributed by atoms with Gasteiger partial charge in [-0.15, -0.1) is 0 Å². The van der Waals surface area contributed by atoms with Crippen molar-refractivity contribution in [3.63, 3.8) is 0 Å². The molecule has 0 saturated heterocycles. The second kappa shape index (κ2) is 66.3. The second-order valence-corrected chi connectivity index (χ2v) is 23.5. The summed E-state index contributed by atoms with van der Waals surface area (Å²) in [6.07, 6.45) is 85.7. The number of allylic oxidation sites excluding steroid dienone is 8. The molecule has 6 heteroatoms. The number of unbranched alkanes of at least 4 members (excludes halogenated alkanes) is 45. The summed E-state index contributed by atoms with van der Waals surface area (Å²) in [6, 6.07) is -0.548. The quantitative estimate of drug-likeness (QED) is 0.0320. The molecule has 0 aromatic carbocycles. The Labute approximate surface area is 480 Å². The van der Waals surface area contributed by atoms with Gasteiger partial charge in [0, 0.05) is 12.8 Å². The van der Waals surface area contributed by atoms with Gasteiger partial charge in [0.25, 0.3) is 0 Å². The zero-order valence-corrected chi connectivity index (χ0v) is 51.7. The van der Waals surface area contributed by atoms with Crippen molar-refractivity contribution in [3.8, 4) is 0 Å². The van der Waals surface area contributed by atoms with Crippen LogP contribution in [0.3, 0.4) is 0 Å². The number of carbonyl (C=O) groups is 2. The van der Waals surface area contributed by atoms with Gasteiger partial charge in [-0.05, 0) is 83.5 Å². The van der Waals surface area contributed by atoms with Gasteiger partial charge in [0.2, 0.25) is 5.91 Å². The van der Waals surface area contributed by atoms with Crippen molar-refractivity contribution in [2.45, 2.75) is 379 Å². The molecule has 2 unspecified atom stereocenters. The molecular formula is C71H133NO5. The lowest BCUT2D eigenvalue weighted by Gasteiger charge is -2.22. The molecule has 3 N–H and O–H groups in total. The van der Waals surface area contributed by atoms with Crippen LogP contribution in [0.4, 0.5) is 0 Å². The average molecular weight is 1080 g/mol. The zero-order valence-electron chi connectivity index (χ0n) is 51.7. The third-order valence-electron chi connectivity index (χ3n) is 15.8. The van der Waals surface area contributed by atoms with Gasteiger partial charge in [-0.25, -0.2) is 0 Å². The molecule has 0 fully saturated rings. The predicted octanol–water partition coefficient (Wildman–Crippen LogP) is 22.1. The molecule has 0 spiro atoms. The van der Waals surface area contributed by atoms with Crippen LogP contribution in [0.2, 0.25) is 0 Å². The maximum Gasteiger partial charge on any atom is 0.305 e. The van der Waals surface area contributed by atoms with Gasteiger partial charge in [0.1, 0.15) is 0 Å². The molecule has 0 bridgehead atoms. The number of rotatable bonds is 64. The van der Waals surface area contributed by atoms with E-state index in [0.717, 1.165) is 57.8 Å². The fraction of sp³-hybridized carbons (Fsp3) is 0.859. The van der Waals surface area contributed by atoms with Crippen LogP contribution in [-0.2, 0) is 14.3 Å². The van der Waals surface area contributed by atoms with E-state index in [1.54, 1.807) is 0 Å². The van der Waals surface area contributed by atoms with Gasteiger partial charge in [-0.1, -0.05) is 319 Å². The molecule has 0 aliphatic rings. The Bertz CT molecular complexity index is 1290. The Morgan fingerprint density at radius 3 is 1.04 bits per heavy atom. The van der Waals surface area contributed by atoms with E-state index in [0.29, 0.717) is 25.9 Å². The van der Waals surface area contributed by atoms with Crippen molar-refractivity contribution >= 4 is 11.9 Å². The van der Waals surface area contributed by atoms with Crippen molar-refractivity contribution in [1.29, 1.82) is 0 Å². The number of amides is 1. The largest absolute Gasteiger partial charge is 0.466 e. The van der Waals surface area contributed by atoms with Crippen molar-refractivity contribution in [2.24, 2.45) is 0 Å². The number of aliphatic hydroxyl groups excluding tert-OH is 2. The van der Waals surface area contributed by atoms with E-state index in [9.17, 15) is 19.8 Å². The molecule has 2 atom stereocenters. The summed E-state index contributed by atoms with van der Waals surface area (Å²) in [7, 11) is 0. The minimum absolute atomic E-state index is 0.00625. The second-order valence-electron chi connectivity index (χ2n) is 23.5. The van der Waals surface area contributed by atoms with Crippen LogP contribution in [0, 0.1) is 0 Å². The molecule has 6 nitrogen and oxygen atoms in total. The maximum absolute atomic E-state index is 12.5. The Hall–Kier alpha value is -2.18. The van der Waals surface area contributed by atoms with Crippen molar-refractivity contribution < 1.29 is 24.5 Å². The van der Waals surface area contributed by atoms with E-state index in [4.69, 9.17) is 4.74 Å². The van der Waals surface area contributed by atoms with Crippen LogP contribution in [0.5, 0.6) is 0 Å². The fourth-order valence-electron chi connectivity index (χ4n) is 10.6. The van der Waals surface area contributed by atoms with Crippen molar-refractivity contribution in [1.82, 2.24) is 5.32 Å².